The molecule has 0 saturated carbocycles. The molecule has 0 radical (unpaired) electrons. The Bertz CT molecular complexity index is 355. The van der Waals surface area contributed by atoms with E-state index in [9.17, 15) is 4.79 Å². The van der Waals surface area contributed by atoms with Crippen LogP contribution >= 0.6 is 15.9 Å². The third kappa shape index (κ3) is 4.33. The fourth-order valence-electron chi connectivity index (χ4n) is 1.34. The highest BCUT2D eigenvalue weighted by atomic mass is 79.9. The highest BCUT2D eigenvalue weighted by Crippen LogP contribution is 2.17. The van der Waals surface area contributed by atoms with E-state index in [1.54, 1.807) is 6.92 Å². The summed E-state index contributed by atoms with van der Waals surface area (Å²) in [5.74, 6) is -0.218. The van der Waals surface area contributed by atoms with Gasteiger partial charge in [0, 0.05) is 10.5 Å². The fourth-order valence-corrected chi connectivity index (χ4v) is 1.76. The van der Waals surface area contributed by atoms with Gasteiger partial charge in [0.15, 0.2) is 0 Å². The van der Waals surface area contributed by atoms with Gasteiger partial charge in [-0.3, -0.25) is 4.79 Å². The summed E-state index contributed by atoms with van der Waals surface area (Å²) in [6, 6.07) is 8.13. The molecule has 1 aromatic carbocycles. The molecule has 1 atom stereocenters. The van der Waals surface area contributed by atoms with E-state index in [2.05, 4.69) is 21.2 Å². The van der Waals surface area contributed by atoms with Crippen LogP contribution in [0.15, 0.2) is 28.7 Å². The topological polar surface area (TPSA) is 38.3 Å². The first-order valence-electron chi connectivity index (χ1n) is 5.28. The van der Waals surface area contributed by atoms with Gasteiger partial charge in [-0.2, -0.15) is 0 Å². The van der Waals surface area contributed by atoms with E-state index in [1.165, 1.54) is 0 Å². The second kappa shape index (κ2) is 6.66. The number of carbonyl (C=O) groups is 1. The molecule has 1 rings (SSSR count). The Morgan fingerprint density at radius 3 is 2.94 bits per heavy atom. The summed E-state index contributed by atoms with van der Waals surface area (Å²) < 4.78 is 5.88. The Balaban J connectivity index is 2.46. The van der Waals surface area contributed by atoms with Gasteiger partial charge in [-0.1, -0.05) is 28.1 Å². The van der Waals surface area contributed by atoms with Crippen LogP contribution in [0.3, 0.4) is 0 Å². The minimum atomic E-state index is -0.218. The SMILES string of the molecule is CCOC(=O)CN[C@H](C)c1cccc(Br)c1. The van der Waals surface area contributed by atoms with E-state index in [-0.39, 0.29) is 18.6 Å². The van der Waals surface area contributed by atoms with Crippen LogP contribution in [-0.2, 0) is 9.53 Å². The van der Waals surface area contributed by atoms with E-state index in [0.717, 1.165) is 10.0 Å². The zero-order valence-corrected chi connectivity index (χ0v) is 11.1. The average Bonchev–Trinajstić information content (AvgIpc) is 2.26. The molecule has 4 heteroatoms. The molecular formula is C12H16BrNO2. The summed E-state index contributed by atoms with van der Waals surface area (Å²) >= 11 is 3.42. The van der Waals surface area contributed by atoms with E-state index < -0.39 is 0 Å². The monoisotopic (exact) mass is 285 g/mol. The lowest BCUT2D eigenvalue weighted by molar-refractivity contribution is -0.142. The van der Waals surface area contributed by atoms with Crippen molar-refractivity contribution in [2.75, 3.05) is 13.2 Å². The summed E-state index contributed by atoms with van der Waals surface area (Å²) in [5.41, 5.74) is 1.14. The van der Waals surface area contributed by atoms with Gasteiger partial charge in [-0.25, -0.2) is 0 Å². The van der Waals surface area contributed by atoms with Crippen molar-refractivity contribution < 1.29 is 9.53 Å². The van der Waals surface area contributed by atoms with Crippen LogP contribution in [0.25, 0.3) is 0 Å². The van der Waals surface area contributed by atoms with E-state index in [0.29, 0.717) is 6.61 Å². The lowest BCUT2D eigenvalue weighted by Crippen LogP contribution is -2.27. The largest absolute Gasteiger partial charge is 0.465 e. The molecule has 0 aliphatic rings. The molecule has 0 aromatic heterocycles. The van der Waals surface area contributed by atoms with Crippen molar-refractivity contribution in [3.8, 4) is 0 Å². The Labute approximate surface area is 104 Å². The van der Waals surface area contributed by atoms with Crippen molar-refractivity contribution in [2.45, 2.75) is 19.9 Å². The van der Waals surface area contributed by atoms with E-state index >= 15 is 0 Å². The van der Waals surface area contributed by atoms with Crippen LogP contribution in [0.5, 0.6) is 0 Å². The van der Waals surface area contributed by atoms with Gasteiger partial charge >= 0.3 is 5.97 Å². The molecule has 3 nitrogen and oxygen atoms in total. The quantitative estimate of drug-likeness (QED) is 0.846. The number of nitrogens with one attached hydrogen (secondary N) is 1. The average molecular weight is 286 g/mol. The molecule has 0 saturated heterocycles. The zero-order valence-electron chi connectivity index (χ0n) is 9.50. The van der Waals surface area contributed by atoms with Crippen LogP contribution in [0, 0.1) is 0 Å². The molecule has 16 heavy (non-hydrogen) atoms. The number of halogens is 1. The van der Waals surface area contributed by atoms with Crippen molar-refractivity contribution in [3.63, 3.8) is 0 Å². The lowest BCUT2D eigenvalue weighted by atomic mass is 10.1. The van der Waals surface area contributed by atoms with Crippen LogP contribution in [0.4, 0.5) is 0 Å². The summed E-state index contributed by atoms with van der Waals surface area (Å²) in [4.78, 5) is 11.2. The predicted molar refractivity (Wildman–Crippen MR) is 67.2 cm³/mol. The Morgan fingerprint density at radius 1 is 1.56 bits per heavy atom. The Hall–Kier alpha value is -0.870. The summed E-state index contributed by atoms with van der Waals surface area (Å²) in [5, 5.41) is 3.12. The fraction of sp³-hybridized carbons (Fsp3) is 0.417. The van der Waals surface area contributed by atoms with Crippen LogP contribution in [-0.4, -0.2) is 19.1 Å². The molecule has 0 heterocycles. The minimum absolute atomic E-state index is 0.127. The predicted octanol–water partition coefficient (Wildman–Crippen LogP) is 2.66. The molecule has 0 amide bonds. The first-order chi connectivity index (χ1) is 7.63. The number of benzene rings is 1. The van der Waals surface area contributed by atoms with Gasteiger partial charge < -0.3 is 10.1 Å². The summed E-state index contributed by atoms with van der Waals surface area (Å²) in [6.07, 6.45) is 0. The van der Waals surface area contributed by atoms with Crippen molar-refractivity contribution >= 4 is 21.9 Å². The third-order valence-corrected chi connectivity index (χ3v) is 2.70. The van der Waals surface area contributed by atoms with Crippen molar-refractivity contribution in [1.29, 1.82) is 0 Å². The normalized spacial score (nSPS) is 12.2. The van der Waals surface area contributed by atoms with Gasteiger partial charge in [0.2, 0.25) is 0 Å². The molecule has 0 bridgehead atoms. The first-order valence-corrected chi connectivity index (χ1v) is 6.07. The zero-order chi connectivity index (χ0) is 12.0. The van der Waals surface area contributed by atoms with Gasteiger partial charge in [-0.05, 0) is 31.5 Å². The lowest BCUT2D eigenvalue weighted by Gasteiger charge is -2.13. The number of hydrogen-bond acceptors (Lipinski definition) is 3. The Morgan fingerprint density at radius 2 is 2.31 bits per heavy atom. The van der Waals surface area contributed by atoms with E-state index in [1.807, 2.05) is 31.2 Å². The highest BCUT2D eigenvalue weighted by Gasteiger charge is 2.07. The summed E-state index contributed by atoms with van der Waals surface area (Å²) in [7, 11) is 0. The van der Waals surface area contributed by atoms with Gasteiger partial charge in [0.05, 0.1) is 13.2 Å². The molecule has 0 aliphatic heterocycles. The van der Waals surface area contributed by atoms with Crippen LogP contribution in [0.2, 0.25) is 0 Å². The maximum absolute atomic E-state index is 11.2. The van der Waals surface area contributed by atoms with Gasteiger partial charge in [-0.15, -0.1) is 0 Å². The molecule has 0 aliphatic carbocycles. The Kier molecular flexibility index (Phi) is 5.49. The number of esters is 1. The third-order valence-electron chi connectivity index (χ3n) is 2.21. The molecule has 1 N–H and O–H groups in total. The first kappa shape index (κ1) is 13.2. The molecule has 0 unspecified atom stereocenters. The standard InChI is InChI=1S/C12H16BrNO2/c1-3-16-12(15)8-14-9(2)10-5-4-6-11(13)7-10/h4-7,9,14H,3,8H2,1-2H3/t9-/m1/s1. The number of carbonyl (C=O) groups excluding carboxylic acids is 1. The number of hydrogen-bond donors (Lipinski definition) is 1. The van der Waals surface area contributed by atoms with Gasteiger partial charge in [0.25, 0.3) is 0 Å². The minimum Gasteiger partial charge on any atom is -0.465 e. The molecule has 0 fully saturated rings. The smallest absolute Gasteiger partial charge is 0.319 e. The second-order valence-corrected chi connectivity index (χ2v) is 4.38. The number of ether oxygens (including phenoxy) is 1. The second-order valence-electron chi connectivity index (χ2n) is 3.46. The van der Waals surface area contributed by atoms with E-state index in [4.69, 9.17) is 4.74 Å². The van der Waals surface area contributed by atoms with Crippen molar-refractivity contribution in [1.82, 2.24) is 5.32 Å². The molecule has 88 valence electrons. The van der Waals surface area contributed by atoms with Crippen molar-refractivity contribution in [2.24, 2.45) is 0 Å². The number of rotatable bonds is 5. The molecule has 1 aromatic rings. The highest BCUT2D eigenvalue weighted by molar-refractivity contribution is 9.10. The maximum atomic E-state index is 11.2. The van der Waals surface area contributed by atoms with Gasteiger partial charge in [0.1, 0.15) is 0 Å². The van der Waals surface area contributed by atoms with Crippen LogP contribution in [0.1, 0.15) is 25.5 Å². The molecular weight excluding hydrogens is 270 g/mol. The van der Waals surface area contributed by atoms with Crippen molar-refractivity contribution in [3.05, 3.63) is 34.3 Å². The maximum Gasteiger partial charge on any atom is 0.319 e. The molecule has 0 spiro atoms. The summed E-state index contributed by atoms with van der Waals surface area (Å²) in [6.45, 7) is 4.48. The van der Waals surface area contributed by atoms with Crippen LogP contribution < -0.4 is 5.32 Å².